The van der Waals surface area contributed by atoms with E-state index >= 15 is 0 Å². The van der Waals surface area contributed by atoms with Crippen molar-refractivity contribution in [3.05, 3.63) is 28.3 Å². The monoisotopic (exact) mass is 381 g/mol. The highest BCUT2D eigenvalue weighted by molar-refractivity contribution is 7.89. The summed E-state index contributed by atoms with van der Waals surface area (Å²) in [4.78, 5) is 2.57. The van der Waals surface area contributed by atoms with Gasteiger partial charge in [0, 0.05) is 32.2 Å². The zero-order chi connectivity index (χ0) is 18.4. The number of aryl methyl sites for hydroxylation is 2. The zero-order valence-corrected chi connectivity index (χ0v) is 17.1. The standard InChI is InChI=1S/C18H27N3O2S2/c1-12-11-13(2)15(4)17(14(12)3)25(22,23)21-9-7-20(8-10-21)18(24)19-16-5-6-16/h11,16H,5-10H2,1-4H3,(H,19,24). The fourth-order valence-corrected chi connectivity index (χ4v) is 5.67. The molecule has 0 radical (unpaired) electrons. The maximum Gasteiger partial charge on any atom is 0.243 e. The lowest BCUT2D eigenvalue weighted by atomic mass is 10.0. The molecule has 1 heterocycles. The number of benzene rings is 1. The summed E-state index contributed by atoms with van der Waals surface area (Å²) in [7, 11) is -3.49. The Bertz CT molecular complexity index is 767. The lowest BCUT2D eigenvalue weighted by Gasteiger charge is -2.36. The molecule has 3 rings (SSSR count). The fraction of sp³-hybridized carbons (Fsp3) is 0.611. The third-order valence-corrected chi connectivity index (χ3v) is 7.88. The van der Waals surface area contributed by atoms with Gasteiger partial charge in [0.25, 0.3) is 0 Å². The van der Waals surface area contributed by atoms with Gasteiger partial charge in [-0.2, -0.15) is 4.31 Å². The molecule has 1 aromatic rings. The summed E-state index contributed by atoms with van der Waals surface area (Å²) in [6.07, 6.45) is 2.36. The minimum atomic E-state index is -3.49. The van der Waals surface area contributed by atoms with Crippen LogP contribution in [-0.2, 0) is 10.0 Å². The molecule has 7 heteroatoms. The number of nitrogens with zero attached hydrogens (tertiary/aromatic N) is 2. The summed E-state index contributed by atoms with van der Waals surface area (Å²) in [6.45, 7) is 9.98. The number of nitrogens with one attached hydrogen (secondary N) is 1. The van der Waals surface area contributed by atoms with Gasteiger partial charge in [0.2, 0.25) is 10.0 Å². The van der Waals surface area contributed by atoms with Gasteiger partial charge in [-0.1, -0.05) is 6.07 Å². The molecule has 2 aliphatic rings. The maximum absolute atomic E-state index is 13.3. The summed E-state index contributed by atoms with van der Waals surface area (Å²) in [6, 6.07) is 2.58. The summed E-state index contributed by atoms with van der Waals surface area (Å²) in [5, 5.41) is 4.09. The van der Waals surface area contributed by atoms with E-state index in [0.29, 0.717) is 37.1 Å². The van der Waals surface area contributed by atoms with E-state index in [1.165, 1.54) is 12.8 Å². The van der Waals surface area contributed by atoms with Gasteiger partial charge < -0.3 is 10.2 Å². The molecule has 0 amide bonds. The van der Waals surface area contributed by atoms with Crippen LogP contribution in [0, 0.1) is 27.7 Å². The second-order valence-electron chi connectivity index (χ2n) is 7.20. The number of hydrogen-bond acceptors (Lipinski definition) is 3. The molecule has 1 N–H and O–H groups in total. The number of hydrogen-bond donors (Lipinski definition) is 1. The molecule has 0 atom stereocenters. The van der Waals surface area contributed by atoms with Crippen LogP contribution in [0.2, 0.25) is 0 Å². The molecule has 2 fully saturated rings. The van der Waals surface area contributed by atoms with Crippen LogP contribution in [-0.4, -0.2) is 55.0 Å². The lowest BCUT2D eigenvalue weighted by molar-refractivity contribution is 0.263. The van der Waals surface area contributed by atoms with Gasteiger partial charge in [-0.05, 0) is 75.0 Å². The van der Waals surface area contributed by atoms with E-state index in [4.69, 9.17) is 12.2 Å². The summed E-state index contributed by atoms with van der Waals surface area (Å²) < 4.78 is 28.1. The molecule has 25 heavy (non-hydrogen) atoms. The van der Waals surface area contributed by atoms with Crippen LogP contribution < -0.4 is 5.32 Å². The average Bonchev–Trinajstić information content (AvgIpc) is 3.37. The molecular weight excluding hydrogens is 354 g/mol. The Kier molecular flexibility index (Phi) is 5.10. The van der Waals surface area contributed by atoms with Gasteiger partial charge in [0.1, 0.15) is 0 Å². The minimum Gasteiger partial charge on any atom is -0.360 e. The Hall–Kier alpha value is -1.18. The van der Waals surface area contributed by atoms with Crippen molar-refractivity contribution < 1.29 is 8.42 Å². The second-order valence-corrected chi connectivity index (χ2v) is 9.47. The van der Waals surface area contributed by atoms with Gasteiger partial charge in [0.05, 0.1) is 4.90 Å². The highest BCUT2D eigenvalue weighted by Gasteiger charge is 2.33. The molecule has 0 bridgehead atoms. The smallest absolute Gasteiger partial charge is 0.243 e. The van der Waals surface area contributed by atoms with Crippen LogP contribution in [0.15, 0.2) is 11.0 Å². The van der Waals surface area contributed by atoms with Crippen LogP contribution in [0.1, 0.15) is 35.1 Å². The predicted molar refractivity (Wildman–Crippen MR) is 104 cm³/mol. The van der Waals surface area contributed by atoms with Gasteiger partial charge in [-0.3, -0.25) is 0 Å². The van der Waals surface area contributed by atoms with E-state index in [1.807, 2.05) is 27.7 Å². The van der Waals surface area contributed by atoms with Gasteiger partial charge >= 0.3 is 0 Å². The molecule has 1 aliphatic carbocycles. The van der Waals surface area contributed by atoms with E-state index < -0.39 is 10.0 Å². The van der Waals surface area contributed by atoms with Crippen molar-refractivity contribution in [1.29, 1.82) is 0 Å². The van der Waals surface area contributed by atoms with Gasteiger partial charge in [-0.25, -0.2) is 8.42 Å². The first kappa shape index (κ1) is 18.6. The number of sulfonamides is 1. The van der Waals surface area contributed by atoms with Crippen LogP contribution in [0.4, 0.5) is 0 Å². The van der Waals surface area contributed by atoms with E-state index in [0.717, 1.165) is 27.4 Å². The quantitative estimate of drug-likeness (QED) is 0.814. The number of rotatable bonds is 3. The lowest BCUT2D eigenvalue weighted by Crippen LogP contribution is -2.53. The van der Waals surface area contributed by atoms with Gasteiger partial charge in [-0.15, -0.1) is 0 Å². The summed E-state index contributed by atoms with van der Waals surface area (Å²) >= 11 is 5.44. The molecule has 1 saturated heterocycles. The maximum atomic E-state index is 13.3. The first-order valence-corrected chi connectivity index (χ1v) is 10.7. The Morgan fingerprint density at radius 1 is 1.04 bits per heavy atom. The third kappa shape index (κ3) is 3.68. The molecule has 0 unspecified atom stereocenters. The minimum absolute atomic E-state index is 0.473. The molecule has 138 valence electrons. The fourth-order valence-electron chi connectivity index (χ4n) is 3.32. The van der Waals surface area contributed by atoms with Crippen molar-refractivity contribution in [1.82, 2.24) is 14.5 Å². The highest BCUT2D eigenvalue weighted by Crippen LogP contribution is 2.29. The van der Waals surface area contributed by atoms with E-state index in [2.05, 4.69) is 16.3 Å². The van der Waals surface area contributed by atoms with Crippen LogP contribution >= 0.6 is 12.2 Å². The van der Waals surface area contributed by atoms with Crippen molar-refractivity contribution in [3.8, 4) is 0 Å². The van der Waals surface area contributed by atoms with E-state index in [1.54, 1.807) is 4.31 Å². The van der Waals surface area contributed by atoms with Crippen molar-refractivity contribution in [2.24, 2.45) is 0 Å². The van der Waals surface area contributed by atoms with Crippen molar-refractivity contribution >= 4 is 27.4 Å². The highest BCUT2D eigenvalue weighted by atomic mass is 32.2. The first-order chi connectivity index (χ1) is 11.7. The van der Waals surface area contributed by atoms with Crippen LogP contribution in [0.3, 0.4) is 0 Å². The predicted octanol–water partition coefficient (Wildman–Crippen LogP) is 2.26. The second kappa shape index (κ2) is 6.85. The molecular formula is C18H27N3O2S2. The first-order valence-electron chi connectivity index (χ1n) is 8.85. The van der Waals surface area contributed by atoms with Crippen LogP contribution in [0.5, 0.6) is 0 Å². The SMILES string of the molecule is Cc1cc(C)c(C)c(S(=O)(=O)N2CCN(C(=S)NC3CC3)CC2)c1C. The molecule has 1 aromatic carbocycles. The Morgan fingerprint density at radius 3 is 2.04 bits per heavy atom. The van der Waals surface area contributed by atoms with Crippen molar-refractivity contribution in [3.63, 3.8) is 0 Å². The molecule has 5 nitrogen and oxygen atoms in total. The number of piperazine rings is 1. The third-order valence-electron chi connectivity index (χ3n) is 5.33. The van der Waals surface area contributed by atoms with Gasteiger partial charge in [0.15, 0.2) is 5.11 Å². The van der Waals surface area contributed by atoms with E-state index in [9.17, 15) is 8.42 Å². The van der Waals surface area contributed by atoms with Crippen molar-refractivity contribution in [2.75, 3.05) is 26.2 Å². The Balaban J connectivity index is 1.77. The van der Waals surface area contributed by atoms with E-state index in [-0.39, 0.29) is 0 Å². The van der Waals surface area contributed by atoms with Crippen molar-refractivity contribution in [2.45, 2.75) is 51.5 Å². The molecule has 0 spiro atoms. The normalized spacial score (nSPS) is 19.1. The topological polar surface area (TPSA) is 52.7 Å². The molecule has 1 aliphatic heterocycles. The largest absolute Gasteiger partial charge is 0.360 e. The molecule has 1 saturated carbocycles. The summed E-state index contributed by atoms with van der Waals surface area (Å²) in [5.74, 6) is 0. The Labute approximate surface area is 156 Å². The Morgan fingerprint density at radius 2 is 1.56 bits per heavy atom. The molecule has 0 aromatic heterocycles. The number of thiocarbonyl (C=S) groups is 1. The zero-order valence-electron chi connectivity index (χ0n) is 15.4. The summed E-state index contributed by atoms with van der Waals surface area (Å²) in [5.41, 5.74) is 3.76. The van der Waals surface area contributed by atoms with Crippen LogP contribution in [0.25, 0.3) is 0 Å². The average molecular weight is 382 g/mol.